The summed E-state index contributed by atoms with van der Waals surface area (Å²) in [5.74, 6) is -0.238. The van der Waals surface area contributed by atoms with E-state index in [9.17, 15) is 9.59 Å². The van der Waals surface area contributed by atoms with Gasteiger partial charge in [-0.1, -0.05) is 104 Å². The van der Waals surface area contributed by atoms with E-state index in [0.717, 1.165) is 25.7 Å². The largest absolute Gasteiger partial charge is 0.466 e. The molecule has 0 N–H and O–H groups in total. The Morgan fingerprint density at radius 3 is 1.53 bits per heavy atom. The highest BCUT2D eigenvalue weighted by Crippen LogP contribution is 2.11. The molecule has 0 unspecified atom stereocenters. The Kier molecular flexibility index (Phi) is 23.7. The summed E-state index contributed by atoms with van der Waals surface area (Å²) in [5, 5.41) is 0. The molecule has 0 bridgehead atoms. The van der Waals surface area contributed by atoms with Gasteiger partial charge in [0.05, 0.1) is 13.0 Å². The van der Waals surface area contributed by atoms with Crippen LogP contribution in [0.4, 0.5) is 0 Å². The Bertz CT molecular complexity index is 428. The summed E-state index contributed by atoms with van der Waals surface area (Å²) < 4.78 is 10.6. The molecule has 0 aliphatic rings. The van der Waals surface area contributed by atoms with Crippen LogP contribution in [-0.4, -0.2) is 50.2 Å². The number of unbranched alkanes of at least 4 members (excludes halogenated alkanes) is 14. The van der Waals surface area contributed by atoms with Crippen molar-refractivity contribution in [2.24, 2.45) is 0 Å². The average molecular weight is 456 g/mol. The Balaban J connectivity index is 3.42. The van der Waals surface area contributed by atoms with Crippen molar-refractivity contribution in [3.05, 3.63) is 0 Å². The highest BCUT2D eigenvalue weighted by molar-refractivity contribution is 5.69. The van der Waals surface area contributed by atoms with E-state index in [1.54, 1.807) is 0 Å². The first-order chi connectivity index (χ1) is 15.6. The molecule has 0 heterocycles. The van der Waals surface area contributed by atoms with E-state index in [-0.39, 0.29) is 11.9 Å². The summed E-state index contributed by atoms with van der Waals surface area (Å²) in [6.45, 7) is 6.66. The number of rotatable bonds is 24. The van der Waals surface area contributed by atoms with Crippen molar-refractivity contribution < 1.29 is 19.1 Å². The second-order valence-corrected chi connectivity index (χ2v) is 9.19. The third kappa shape index (κ3) is 23.6. The minimum atomic E-state index is -0.132. The van der Waals surface area contributed by atoms with Gasteiger partial charge in [-0.2, -0.15) is 0 Å². The van der Waals surface area contributed by atoms with Gasteiger partial charge in [0, 0.05) is 19.5 Å². The van der Waals surface area contributed by atoms with Crippen molar-refractivity contribution in [2.45, 2.75) is 129 Å². The summed E-state index contributed by atoms with van der Waals surface area (Å²) in [4.78, 5) is 25.6. The number of carbonyl (C=O) groups excluding carboxylic acids is 2. The third-order valence-corrected chi connectivity index (χ3v) is 5.93. The van der Waals surface area contributed by atoms with Gasteiger partial charge in [0.2, 0.25) is 0 Å². The summed E-state index contributed by atoms with van der Waals surface area (Å²) in [5.41, 5.74) is 0. The number of hydrogen-bond donors (Lipinski definition) is 0. The second-order valence-electron chi connectivity index (χ2n) is 9.19. The van der Waals surface area contributed by atoms with E-state index in [1.807, 2.05) is 11.9 Å². The topological polar surface area (TPSA) is 55.8 Å². The van der Waals surface area contributed by atoms with Crippen molar-refractivity contribution in [1.29, 1.82) is 0 Å². The normalized spacial score (nSPS) is 11.1. The molecule has 0 aliphatic carbocycles. The lowest BCUT2D eigenvalue weighted by Gasteiger charge is -2.16. The van der Waals surface area contributed by atoms with Gasteiger partial charge < -0.3 is 14.4 Å². The van der Waals surface area contributed by atoms with E-state index >= 15 is 0 Å². The molecule has 0 aromatic carbocycles. The lowest BCUT2D eigenvalue weighted by molar-refractivity contribution is -0.146. The molecule has 0 aromatic heterocycles. The molecule has 0 rings (SSSR count). The van der Waals surface area contributed by atoms with Crippen molar-refractivity contribution in [3.8, 4) is 0 Å². The van der Waals surface area contributed by atoms with E-state index in [4.69, 9.17) is 9.47 Å². The first-order valence-corrected chi connectivity index (χ1v) is 13.6. The molecule has 0 aromatic rings. The van der Waals surface area contributed by atoms with E-state index in [1.165, 1.54) is 77.0 Å². The lowest BCUT2D eigenvalue weighted by Crippen LogP contribution is -2.27. The lowest BCUT2D eigenvalue weighted by atomic mass is 10.1. The molecular weight excluding hydrogens is 402 g/mol. The van der Waals surface area contributed by atoms with Gasteiger partial charge in [0.25, 0.3) is 0 Å². The van der Waals surface area contributed by atoms with Crippen molar-refractivity contribution >= 4 is 11.9 Å². The Morgan fingerprint density at radius 2 is 0.969 bits per heavy atom. The fourth-order valence-electron chi connectivity index (χ4n) is 3.68. The van der Waals surface area contributed by atoms with Crippen LogP contribution >= 0.6 is 0 Å². The summed E-state index contributed by atoms with van der Waals surface area (Å²) in [7, 11) is 1.94. The SMILES string of the molecule is CCCCCCCCCCCCOC(=O)CCN(C)CCOC(=O)CCCCCCCC. The molecule has 5 heteroatoms. The third-order valence-electron chi connectivity index (χ3n) is 5.93. The maximum atomic E-state index is 11.9. The van der Waals surface area contributed by atoms with Gasteiger partial charge >= 0.3 is 11.9 Å². The van der Waals surface area contributed by atoms with E-state index in [2.05, 4.69) is 13.8 Å². The van der Waals surface area contributed by atoms with Crippen LogP contribution in [-0.2, 0) is 19.1 Å². The zero-order valence-electron chi connectivity index (χ0n) is 21.6. The van der Waals surface area contributed by atoms with Crippen LogP contribution in [0, 0.1) is 0 Å². The summed E-state index contributed by atoms with van der Waals surface area (Å²) >= 11 is 0. The van der Waals surface area contributed by atoms with Crippen LogP contribution < -0.4 is 0 Å². The van der Waals surface area contributed by atoms with Crippen molar-refractivity contribution in [1.82, 2.24) is 4.90 Å². The number of likely N-dealkylation sites (N-methyl/N-ethyl adjacent to an activating group) is 1. The average Bonchev–Trinajstić information content (AvgIpc) is 2.78. The highest BCUT2D eigenvalue weighted by atomic mass is 16.5. The fourth-order valence-corrected chi connectivity index (χ4v) is 3.68. The van der Waals surface area contributed by atoms with Crippen LogP contribution in [0.2, 0.25) is 0 Å². The smallest absolute Gasteiger partial charge is 0.307 e. The Labute approximate surface area is 199 Å². The zero-order chi connectivity index (χ0) is 23.7. The molecule has 0 aliphatic heterocycles. The van der Waals surface area contributed by atoms with Gasteiger partial charge in [-0.05, 0) is 19.9 Å². The molecule has 0 spiro atoms. The predicted molar refractivity (Wildman–Crippen MR) is 134 cm³/mol. The molecule has 32 heavy (non-hydrogen) atoms. The van der Waals surface area contributed by atoms with Crippen LogP contribution in [0.15, 0.2) is 0 Å². The number of hydrogen-bond acceptors (Lipinski definition) is 5. The summed E-state index contributed by atoms with van der Waals surface area (Å²) in [6, 6.07) is 0. The minimum Gasteiger partial charge on any atom is -0.466 e. The Morgan fingerprint density at radius 1 is 0.531 bits per heavy atom. The highest BCUT2D eigenvalue weighted by Gasteiger charge is 2.07. The van der Waals surface area contributed by atoms with Gasteiger partial charge in [0.1, 0.15) is 6.61 Å². The number of carbonyl (C=O) groups is 2. The molecule has 0 atom stereocenters. The molecule has 0 saturated heterocycles. The monoisotopic (exact) mass is 455 g/mol. The second kappa shape index (κ2) is 24.5. The van der Waals surface area contributed by atoms with Crippen LogP contribution in [0.5, 0.6) is 0 Å². The Hall–Kier alpha value is -1.10. The standard InChI is InChI=1S/C27H53NO4/c1-4-6-8-10-12-13-14-15-17-19-24-31-27(30)21-22-28(3)23-25-32-26(29)20-18-16-11-9-7-5-2/h4-25H2,1-3H3. The first kappa shape index (κ1) is 30.9. The molecule has 0 saturated carbocycles. The first-order valence-electron chi connectivity index (χ1n) is 13.6. The van der Waals surface area contributed by atoms with Gasteiger partial charge in [-0.25, -0.2) is 0 Å². The van der Waals surface area contributed by atoms with Gasteiger partial charge in [-0.15, -0.1) is 0 Å². The van der Waals surface area contributed by atoms with Crippen molar-refractivity contribution in [3.63, 3.8) is 0 Å². The van der Waals surface area contributed by atoms with Crippen LogP contribution in [0.1, 0.15) is 129 Å². The van der Waals surface area contributed by atoms with E-state index < -0.39 is 0 Å². The predicted octanol–water partition coefficient (Wildman–Crippen LogP) is 7.07. The van der Waals surface area contributed by atoms with Crippen LogP contribution in [0.25, 0.3) is 0 Å². The number of esters is 2. The molecule has 0 radical (unpaired) electrons. The zero-order valence-corrected chi connectivity index (χ0v) is 21.6. The van der Waals surface area contributed by atoms with Gasteiger partial charge in [0.15, 0.2) is 0 Å². The van der Waals surface area contributed by atoms with Crippen LogP contribution in [0.3, 0.4) is 0 Å². The molecule has 190 valence electrons. The molecule has 0 amide bonds. The minimum absolute atomic E-state index is 0.107. The number of ether oxygens (including phenoxy) is 2. The van der Waals surface area contributed by atoms with E-state index in [0.29, 0.717) is 39.1 Å². The maximum Gasteiger partial charge on any atom is 0.307 e. The van der Waals surface area contributed by atoms with Crippen molar-refractivity contribution in [2.75, 3.05) is 33.4 Å². The number of nitrogens with zero attached hydrogens (tertiary/aromatic N) is 1. The van der Waals surface area contributed by atoms with Gasteiger partial charge in [-0.3, -0.25) is 9.59 Å². The molecular formula is C27H53NO4. The fraction of sp³-hybridized carbons (Fsp3) is 0.926. The molecule has 5 nitrogen and oxygen atoms in total. The summed E-state index contributed by atoms with van der Waals surface area (Å²) in [6.07, 6.45) is 20.7. The molecule has 0 fully saturated rings. The maximum absolute atomic E-state index is 11.9. The quantitative estimate of drug-likeness (QED) is 0.115.